The second-order valence-corrected chi connectivity index (χ2v) is 6.87. The lowest BCUT2D eigenvalue weighted by molar-refractivity contribution is -0.274. The molecule has 0 aliphatic carbocycles. The van der Waals surface area contributed by atoms with E-state index in [4.69, 9.17) is 4.74 Å². The Morgan fingerprint density at radius 3 is 2.53 bits per heavy atom. The molecule has 0 saturated heterocycles. The van der Waals surface area contributed by atoms with Gasteiger partial charge in [0, 0.05) is 36.5 Å². The summed E-state index contributed by atoms with van der Waals surface area (Å²) < 4.78 is 47.2. The fraction of sp³-hybridized carbons (Fsp3) is 0.0909. The molecule has 0 unspecified atom stereocenters. The predicted molar refractivity (Wildman–Crippen MR) is 115 cm³/mol. The quantitative estimate of drug-likeness (QED) is 0.387. The Morgan fingerprint density at radius 1 is 0.971 bits per heavy atom. The number of pyridine rings is 1. The van der Waals surface area contributed by atoms with Crippen LogP contribution in [-0.2, 0) is 0 Å². The molecule has 9 nitrogen and oxygen atoms in total. The third-order valence-corrected chi connectivity index (χ3v) is 4.50. The maximum absolute atomic E-state index is 12.8. The van der Waals surface area contributed by atoms with Crippen LogP contribution in [0.4, 0.5) is 18.9 Å². The van der Waals surface area contributed by atoms with Gasteiger partial charge in [0.05, 0.1) is 5.52 Å². The van der Waals surface area contributed by atoms with E-state index in [9.17, 15) is 22.8 Å². The van der Waals surface area contributed by atoms with Crippen LogP contribution in [0.15, 0.2) is 60.8 Å². The molecule has 4 rings (SSSR count). The fourth-order valence-electron chi connectivity index (χ4n) is 3.05. The van der Waals surface area contributed by atoms with Gasteiger partial charge in [0.25, 0.3) is 11.8 Å². The van der Waals surface area contributed by atoms with Crippen molar-refractivity contribution in [2.24, 2.45) is 0 Å². The van der Waals surface area contributed by atoms with Crippen molar-refractivity contribution in [2.45, 2.75) is 6.36 Å². The van der Waals surface area contributed by atoms with Gasteiger partial charge in [-0.2, -0.15) is 5.10 Å². The maximum Gasteiger partial charge on any atom is 0.573 e. The molecule has 2 heterocycles. The van der Waals surface area contributed by atoms with Crippen molar-refractivity contribution in [3.8, 4) is 17.2 Å². The van der Waals surface area contributed by atoms with Gasteiger partial charge in [-0.1, -0.05) is 6.07 Å². The minimum atomic E-state index is -4.86. The number of aromatic amines is 1. The van der Waals surface area contributed by atoms with Crippen LogP contribution in [0.1, 0.15) is 21.0 Å². The minimum Gasteiger partial charge on any atom is -0.457 e. The zero-order valence-electron chi connectivity index (χ0n) is 17.4. The summed E-state index contributed by atoms with van der Waals surface area (Å²) in [4.78, 5) is 28.5. The third-order valence-electron chi connectivity index (χ3n) is 4.50. The SMILES string of the molecule is CNC(=O)c1cc(Oc2cccc(NC(=O)c3n[nH]c4ccc(OC(F)(F)F)cc34)c2)ccn1. The van der Waals surface area contributed by atoms with Crippen LogP contribution in [0, 0.1) is 0 Å². The Labute approximate surface area is 189 Å². The van der Waals surface area contributed by atoms with Gasteiger partial charge < -0.3 is 20.1 Å². The molecule has 4 aromatic rings. The summed E-state index contributed by atoms with van der Waals surface area (Å²) in [6.07, 6.45) is -3.44. The number of rotatable bonds is 6. The molecular formula is C22H16F3N5O4. The van der Waals surface area contributed by atoms with Gasteiger partial charge in [0.15, 0.2) is 5.69 Å². The van der Waals surface area contributed by atoms with E-state index in [0.29, 0.717) is 22.7 Å². The zero-order chi connectivity index (χ0) is 24.3. The summed E-state index contributed by atoms with van der Waals surface area (Å²) in [6.45, 7) is 0. The smallest absolute Gasteiger partial charge is 0.457 e. The molecule has 2 aromatic carbocycles. The highest BCUT2D eigenvalue weighted by molar-refractivity contribution is 6.11. The number of carbonyl (C=O) groups is 2. The normalized spacial score (nSPS) is 11.2. The standard InChI is InChI=1S/C22H16F3N5O4/c1-26-20(31)18-11-14(7-8-27-18)33-13-4-2-3-12(9-13)28-21(32)19-16-10-15(34-22(23,24)25)5-6-17(16)29-30-19/h2-11H,1H3,(H,26,31)(H,28,32)(H,29,30). The van der Waals surface area contributed by atoms with Crippen molar-refractivity contribution in [2.75, 3.05) is 12.4 Å². The van der Waals surface area contributed by atoms with Crippen molar-refractivity contribution in [1.82, 2.24) is 20.5 Å². The molecule has 2 amide bonds. The van der Waals surface area contributed by atoms with E-state index in [1.807, 2.05) is 0 Å². The van der Waals surface area contributed by atoms with Crippen LogP contribution in [0.5, 0.6) is 17.2 Å². The Bertz CT molecular complexity index is 1370. The van der Waals surface area contributed by atoms with Gasteiger partial charge in [-0.05, 0) is 36.4 Å². The number of hydrogen-bond donors (Lipinski definition) is 3. The molecule has 2 aromatic heterocycles. The second kappa shape index (κ2) is 9.10. The minimum absolute atomic E-state index is 0.113. The summed E-state index contributed by atoms with van der Waals surface area (Å²) >= 11 is 0. The van der Waals surface area contributed by atoms with Crippen molar-refractivity contribution >= 4 is 28.4 Å². The molecule has 0 bridgehead atoms. The van der Waals surface area contributed by atoms with Gasteiger partial charge >= 0.3 is 6.36 Å². The van der Waals surface area contributed by atoms with E-state index < -0.39 is 18.0 Å². The van der Waals surface area contributed by atoms with Gasteiger partial charge in [0.2, 0.25) is 0 Å². The number of aromatic nitrogens is 3. The van der Waals surface area contributed by atoms with Crippen LogP contribution in [0.3, 0.4) is 0 Å². The van der Waals surface area contributed by atoms with Crippen molar-refractivity contribution < 1.29 is 32.2 Å². The van der Waals surface area contributed by atoms with E-state index in [1.165, 1.54) is 31.4 Å². The molecule has 0 fully saturated rings. The van der Waals surface area contributed by atoms with E-state index in [0.717, 1.165) is 12.1 Å². The summed E-state index contributed by atoms with van der Waals surface area (Å²) in [5.74, 6) is -0.786. The number of ether oxygens (including phenoxy) is 2. The number of nitrogens with zero attached hydrogens (tertiary/aromatic N) is 2. The monoisotopic (exact) mass is 471 g/mol. The first kappa shape index (κ1) is 22.6. The summed E-state index contributed by atoms with van der Waals surface area (Å²) in [6, 6.07) is 12.9. The van der Waals surface area contributed by atoms with Gasteiger partial charge in [-0.3, -0.25) is 19.7 Å². The molecule has 0 aliphatic rings. The van der Waals surface area contributed by atoms with Crippen molar-refractivity contribution in [1.29, 1.82) is 0 Å². The molecule has 0 atom stereocenters. The summed E-state index contributed by atoms with van der Waals surface area (Å²) in [5.41, 5.74) is 0.769. The number of nitrogens with one attached hydrogen (secondary N) is 3. The topological polar surface area (TPSA) is 118 Å². The number of fused-ring (bicyclic) bond motifs is 1. The van der Waals surface area contributed by atoms with E-state index in [1.54, 1.807) is 24.3 Å². The summed E-state index contributed by atoms with van der Waals surface area (Å²) in [7, 11) is 1.48. The van der Waals surface area contributed by atoms with E-state index in [2.05, 4.69) is 30.6 Å². The molecule has 12 heteroatoms. The number of amides is 2. The largest absolute Gasteiger partial charge is 0.573 e. The number of benzene rings is 2. The van der Waals surface area contributed by atoms with E-state index >= 15 is 0 Å². The average molecular weight is 471 g/mol. The van der Waals surface area contributed by atoms with Crippen molar-refractivity contribution in [3.63, 3.8) is 0 Å². The van der Waals surface area contributed by atoms with Gasteiger partial charge in [0.1, 0.15) is 22.9 Å². The van der Waals surface area contributed by atoms with Crippen LogP contribution in [0.25, 0.3) is 10.9 Å². The lowest BCUT2D eigenvalue weighted by Gasteiger charge is -2.10. The molecule has 0 radical (unpaired) electrons. The Balaban J connectivity index is 1.52. The second-order valence-electron chi connectivity index (χ2n) is 6.87. The first-order valence-electron chi connectivity index (χ1n) is 9.73. The van der Waals surface area contributed by atoms with Crippen LogP contribution >= 0.6 is 0 Å². The Hall–Kier alpha value is -4.61. The molecule has 0 saturated carbocycles. The number of halogens is 3. The van der Waals surface area contributed by atoms with Gasteiger partial charge in [-0.25, -0.2) is 0 Å². The number of hydrogen-bond acceptors (Lipinski definition) is 6. The molecule has 34 heavy (non-hydrogen) atoms. The van der Waals surface area contributed by atoms with Crippen LogP contribution in [-0.4, -0.2) is 40.4 Å². The van der Waals surface area contributed by atoms with Crippen LogP contribution in [0.2, 0.25) is 0 Å². The molecular weight excluding hydrogens is 455 g/mol. The Morgan fingerprint density at radius 2 is 1.76 bits per heavy atom. The lowest BCUT2D eigenvalue weighted by Crippen LogP contribution is -2.18. The molecule has 0 aliphatic heterocycles. The fourth-order valence-corrected chi connectivity index (χ4v) is 3.05. The first-order chi connectivity index (χ1) is 16.2. The lowest BCUT2D eigenvalue weighted by atomic mass is 10.2. The average Bonchev–Trinajstić information content (AvgIpc) is 3.21. The highest BCUT2D eigenvalue weighted by Crippen LogP contribution is 2.28. The number of H-pyrrole nitrogens is 1. The predicted octanol–water partition coefficient (Wildman–Crippen LogP) is 4.26. The molecule has 174 valence electrons. The molecule has 3 N–H and O–H groups in total. The van der Waals surface area contributed by atoms with Gasteiger partial charge in [-0.15, -0.1) is 13.2 Å². The number of carbonyl (C=O) groups excluding carboxylic acids is 2. The first-order valence-corrected chi connectivity index (χ1v) is 9.73. The van der Waals surface area contributed by atoms with E-state index in [-0.39, 0.29) is 22.7 Å². The highest BCUT2D eigenvalue weighted by Gasteiger charge is 2.31. The van der Waals surface area contributed by atoms with Crippen molar-refractivity contribution in [3.05, 3.63) is 72.2 Å². The van der Waals surface area contributed by atoms with Crippen LogP contribution < -0.4 is 20.1 Å². The highest BCUT2D eigenvalue weighted by atomic mass is 19.4. The summed E-state index contributed by atoms with van der Waals surface area (Å²) in [5, 5.41) is 11.8. The number of anilines is 1. The maximum atomic E-state index is 12.8. The Kier molecular flexibility index (Phi) is 6.04. The molecule has 0 spiro atoms. The zero-order valence-corrected chi connectivity index (χ0v) is 17.4. The third kappa shape index (κ3) is 5.23. The number of alkyl halides is 3.